The molecule has 0 aliphatic heterocycles. The summed E-state index contributed by atoms with van der Waals surface area (Å²) in [6.45, 7) is 6.41. The van der Waals surface area contributed by atoms with Gasteiger partial charge in [-0.1, -0.05) is 62.4 Å². The van der Waals surface area contributed by atoms with Crippen molar-refractivity contribution in [2.75, 3.05) is 0 Å². The Bertz CT molecular complexity index is 917. The van der Waals surface area contributed by atoms with Crippen molar-refractivity contribution in [3.63, 3.8) is 0 Å². The summed E-state index contributed by atoms with van der Waals surface area (Å²) in [5.41, 5.74) is 4.48. The lowest BCUT2D eigenvalue weighted by molar-refractivity contribution is 0.865. The molecule has 0 atom stereocenters. The van der Waals surface area contributed by atoms with E-state index in [-0.39, 0.29) is 0 Å². The summed E-state index contributed by atoms with van der Waals surface area (Å²) >= 11 is 5.32. The first-order chi connectivity index (χ1) is 11.6. The van der Waals surface area contributed by atoms with E-state index in [4.69, 9.17) is 12.2 Å². The molecule has 0 fully saturated rings. The molecule has 1 heterocycles. The van der Waals surface area contributed by atoms with Crippen LogP contribution in [0.25, 0.3) is 11.4 Å². The number of aromatic nitrogens is 3. The molecule has 3 rings (SSSR count). The first-order valence-electron chi connectivity index (χ1n) is 7.94. The molecule has 0 saturated heterocycles. The van der Waals surface area contributed by atoms with Crippen molar-refractivity contribution < 1.29 is 0 Å². The lowest BCUT2D eigenvalue weighted by atomic mass is 10.0. The molecule has 1 aromatic heterocycles. The Balaban J connectivity index is 1.95. The minimum absolute atomic E-state index is 0.475. The number of hydrogen-bond donors (Lipinski definition) is 1. The molecule has 122 valence electrons. The van der Waals surface area contributed by atoms with Gasteiger partial charge in [-0.25, -0.2) is 5.10 Å². The summed E-state index contributed by atoms with van der Waals surface area (Å²) < 4.78 is 2.14. The lowest BCUT2D eigenvalue weighted by Gasteiger charge is -2.05. The Hall–Kier alpha value is -2.53. The van der Waals surface area contributed by atoms with Crippen LogP contribution in [0.4, 0.5) is 0 Å². The predicted octanol–water partition coefficient (Wildman–Crippen LogP) is 4.92. The zero-order chi connectivity index (χ0) is 17.1. The van der Waals surface area contributed by atoms with Crippen LogP contribution in [-0.2, 0) is 0 Å². The van der Waals surface area contributed by atoms with Gasteiger partial charge in [-0.05, 0) is 41.7 Å². The number of nitrogens with zero attached hydrogens (tertiary/aromatic N) is 3. The van der Waals surface area contributed by atoms with Crippen LogP contribution in [0.5, 0.6) is 0 Å². The molecule has 2 aromatic carbocycles. The molecule has 3 aromatic rings. The van der Waals surface area contributed by atoms with Crippen LogP contribution >= 0.6 is 12.2 Å². The van der Waals surface area contributed by atoms with Crippen molar-refractivity contribution in [2.45, 2.75) is 26.7 Å². The largest absolute Gasteiger partial charge is 0.250 e. The highest BCUT2D eigenvalue weighted by Crippen LogP contribution is 2.21. The molecular formula is C19H20N4S. The van der Waals surface area contributed by atoms with Crippen LogP contribution in [0, 0.1) is 11.7 Å². The molecule has 0 saturated carbocycles. The third kappa shape index (κ3) is 3.36. The van der Waals surface area contributed by atoms with Gasteiger partial charge in [0.25, 0.3) is 0 Å². The number of nitrogens with one attached hydrogen (secondary N) is 1. The predicted molar refractivity (Wildman–Crippen MR) is 101 cm³/mol. The highest BCUT2D eigenvalue weighted by Gasteiger charge is 2.10. The van der Waals surface area contributed by atoms with Gasteiger partial charge >= 0.3 is 0 Å². The number of hydrogen-bond acceptors (Lipinski definition) is 3. The van der Waals surface area contributed by atoms with Gasteiger partial charge in [0, 0.05) is 5.56 Å². The van der Waals surface area contributed by atoms with E-state index in [2.05, 4.69) is 53.4 Å². The molecule has 0 spiro atoms. The molecule has 24 heavy (non-hydrogen) atoms. The normalized spacial score (nSPS) is 11.5. The Kier molecular flexibility index (Phi) is 4.71. The quantitative estimate of drug-likeness (QED) is 0.543. The maximum atomic E-state index is 5.32. The number of aryl methyl sites for hydroxylation is 1. The average Bonchev–Trinajstić information content (AvgIpc) is 2.94. The molecule has 4 nitrogen and oxygen atoms in total. The first-order valence-corrected chi connectivity index (χ1v) is 8.35. The summed E-state index contributed by atoms with van der Waals surface area (Å²) in [5.74, 6) is 1.24. The Morgan fingerprint density at radius 3 is 2.50 bits per heavy atom. The fraction of sp³-hybridized carbons (Fsp3) is 0.211. The van der Waals surface area contributed by atoms with Gasteiger partial charge in [0.15, 0.2) is 5.82 Å². The monoisotopic (exact) mass is 336 g/mol. The third-order valence-corrected chi connectivity index (χ3v) is 4.23. The van der Waals surface area contributed by atoms with Crippen molar-refractivity contribution in [1.29, 1.82) is 0 Å². The number of aromatic amines is 1. The molecule has 0 aliphatic carbocycles. The van der Waals surface area contributed by atoms with Gasteiger partial charge in [-0.15, -0.1) is 0 Å². The molecule has 0 amide bonds. The second kappa shape index (κ2) is 6.93. The van der Waals surface area contributed by atoms with Gasteiger partial charge in [0.05, 0.1) is 6.21 Å². The molecule has 1 N–H and O–H groups in total. The lowest BCUT2D eigenvalue weighted by Crippen LogP contribution is -1.96. The smallest absolute Gasteiger partial charge is 0.216 e. The van der Waals surface area contributed by atoms with E-state index in [0.29, 0.717) is 16.5 Å². The first kappa shape index (κ1) is 16.3. The van der Waals surface area contributed by atoms with E-state index in [1.807, 2.05) is 31.2 Å². The van der Waals surface area contributed by atoms with Crippen LogP contribution < -0.4 is 0 Å². The Labute approximate surface area is 146 Å². The maximum absolute atomic E-state index is 5.32. The summed E-state index contributed by atoms with van der Waals surface area (Å²) in [4.78, 5) is 0. The molecule has 0 aliphatic rings. The molecule has 5 heteroatoms. The fourth-order valence-corrected chi connectivity index (χ4v) is 2.67. The third-order valence-electron chi connectivity index (χ3n) is 3.96. The van der Waals surface area contributed by atoms with Gasteiger partial charge in [0.2, 0.25) is 4.77 Å². The molecule has 0 radical (unpaired) electrons. The summed E-state index contributed by atoms with van der Waals surface area (Å²) in [6, 6.07) is 16.4. The number of rotatable bonds is 4. The van der Waals surface area contributed by atoms with Gasteiger partial charge in [0.1, 0.15) is 0 Å². The SMILES string of the molecule is Cc1ccccc1-c1n[nH]c(=S)n1/N=C\c1ccc(C(C)C)cc1. The topological polar surface area (TPSA) is 46.0 Å². The van der Waals surface area contributed by atoms with E-state index < -0.39 is 0 Å². The zero-order valence-corrected chi connectivity index (χ0v) is 14.8. The second-order valence-corrected chi connectivity index (χ2v) is 6.43. The van der Waals surface area contributed by atoms with E-state index in [1.165, 1.54) is 5.56 Å². The summed E-state index contributed by atoms with van der Waals surface area (Å²) in [5, 5.41) is 11.7. The molecule has 0 bridgehead atoms. The Morgan fingerprint density at radius 2 is 1.83 bits per heavy atom. The fourth-order valence-electron chi connectivity index (χ4n) is 2.49. The highest BCUT2D eigenvalue weighted by atomic mass is 32.1. The minimum atomic E-state index is 0.475. The zero-order valence-electron chi connectivity index (χ0n) is 14.0. The van der Waals surface area contributed by atoms with E-state index in [9.17, 15) is 0 Å². The number of benzene rings is 2. The van der Waals surface area contributed by atoms with Crippen molar-refractivity contribution in [3.8, 4) is 11.4 Å². The van der Waals surface area contributed by atoms with Gasteiger partial charge in [-0.3, -0.25) is 0 Å². The standard InChI is InChI=1S/C19H20N4S/c1-13(2)16-10-8-15(9-11-16)12-20-23-18(21-22-19(23)24)17-7-5-4-6-14(17)3/h4-13H,1-3H3,(H,22,24)/b20-12-. The minimum Gasteiger partial charge on any atom is -0.250 e. The van der Waals surface area contributed by atoms with E-state index >= 15 is 0 Å². The van der Waals surface area contributed by atoms with Crippen LogP contribution in [0.15, 0.2) is 53.6 Å². The van der Waals surface area contributed by atoms with Crippen LogP contribution in [-0.4, -0.2) is 21.1 Å². The summed E-state index contributed by atoms with van der Waals surface area (Å²) in [7, 11) is 0. The van der Waals surface area contributed by atoms with Crippen molar-refractivity contribution in [1.82, 2.24) is 14.9 Å². The molecule has 0 unspecified atom stereocenters. The number of H-pyrrole nitrogens is 1. The van der Waals surface area contributed by atoms with Crippen molar-refractivity contribution in [2.24, 2.45) is 5.10 Å². The van der Waals surface area contributed by atoms with Crippen LogP contribution in [0.3, 0.4) is 0 Å². The summed E-state index contributed by atoms with van der Waals surface area (Å²) in [6.07, 6.45) is 1.80. The van der Waals surface area contributed by atoms with Crippen LogP contribution in [0.2, 0.25) is 0 Å². The second-order valence-electron chi connectivity index (χ2n) is 6.05. The Morgan fingerprint density at radius 1 is 1.12 bits per heavy atom. The van der Waals surface area contributed by atoms with Crippen molar-refractivity contribution in [3.05, 3.63) is 70.0 Å². The molecular weight excluding hydrogens is 316 g/mol. The van der Waals surface area contributed by atoms with E-state index in [0.717, 1.165) is 16.7 Å². The van der Waals surface area contributed by atoms with Crippen LogP contribution in [0.1, 0.15) is 36.5 Å². The van der Waals surface area contributed by atoms with Gasteiger partial charge in [-0.2, -0.15) is 14.9 Å². The highest BCUT2D eigenvalue weighted by molar-refractivity contribution is 7.71. The van der Waals surface area contributed by atoms with Gasteiger partial charge < -0.3 is 0 Å². The maximum Gasteiger partial charge on any atom is 0.216 e. The van der Waals surface area contributed by atoms with Crippen molar-refractivity contribution >= 4 is 18.4 Å². The van der Waals surface area contributed by atoms with E-state index in [1.54, 1.807) is 10.9 Å². The average molecular weight is 336 g/mol.